The maximum absolute atomic E-state index is 14.8. The third kappa shape index (κ3) is 3.52. The highest BCUT2D eigenvalue weighted by molar-refractivity contribution is 6.34. The molecule has 3 aliphatic heterocycles. The molecule has 1 saturated heterocycles. The van der Waals surface area contributed by atoms with Gasteiger partial charge in [-0.25, -0.2) is 0 Å². The molecule has 4 atom stereocenters. The Kier molecular flexibility index (Phi) is 5.77. The minimum Gasteiger partial charge on any atom is -0.352 e. The molecule has 4 aromatic rings. The van der Waals surface area contributed by atoms with Crippen LogP contribution in [0, 0.1) is 12.8 Å². The van der Waals surface area contributed by atoms with Crippen LogP contribution in [0.1, 0.15) is 44.3 Å². The minimum atomic E-state index is -1.35. The molecular weight excluding hydrogens is 532 g/mol. The zero-order valence-corrected chi connectivity index (χ0v) is 23.4. The first-order chi connectivity index (χ1) is 19.8. The van der Waals surface area contributed by atoms with E-state index >= 15 is 0 Å². The Labute approximate surface area is 243 Å². The molecule has 202 valence electrons. The standard InChI is InChI=1S/C35H27ClN2O3/c1-20-15-17-22(18-16-20)32(39)30-31(33(40)24-10-3-6-12-26(24)36)38-28-14-8-4-9-23(28)21(2)19-29(38)35(30)25-11-5-7-13-27(25)37-34(35)41/h3-19,29-31H,1-2H3,(H,37,41)/t29-,30+,31+,35-/m1/s1. The number of ketones is 2. The molecule has 0 radical (unpaired) electrons. The highest BCUT2D eigenvalue weighted by Gasteiger charge is 2.70. The fraction of sp³-hybridized carbons (Fsp3) is 0.171. The number of para-hydroxylation sites is 2. The van der Waals surface area contributed by atoms with Gasteiger partial charge in [-0.2, -0.15) is 0 Å². The van der Waals surface area contributed by atoms with Crippen LogP contribution in [0.5, 0.6) is 0 Å². The number of allylic oxidation sites excluding steroid dienone is 1. The number of hydrogen-bond donors (Lipinski definition) is 1. The van der Waals surface area contributed by atoms with Gasteiger partial charge in [-0.3, -0.25) is 14.4 Å². The third-order valence-corrected chi connectivity index (χ3v) is 9.24. The summed E-state index contributed by atoms with van der Waals surface area (Å²) in [6, 6.07) is 28.1. The van der Waals surface area contributed by atoms with Crippen molar-refractivity contribution in [3.63, 3.8) is 0 Å². The van der Waals surface area contributed by atoms with Gasteiger partial charge in [-0.15, -0.1) is 0 Å². The van der Waals surface area contributed by atoms with Crippen LogP contribution in [0.3, 0.4) is 0 Å². The quantitative estimate of drug-likeness (QED) is 0.277. The summed E-state index contributed by atoms with van der Waals surface area (Å²) in [6.45, 7) is 3.98. The number of nitrogens with one attached hydrogen (secondary N) is 1. The number of carbonyl (C=O) groups excluding carboxylic acids is 3. The lowest BCUT2D eigenvalue weighted by molar-refractivity contribution is -0.121. The van der Waals surface area contributed by atoms with Crippen LogP contribution >= 0.6 is 11.6 Å². The van der Waals surface area contributed by atoms with E-state index in [9.17, 15) is 14.4 Å². The summed E-state index contributed by atoms with van der Waals surface area (Å²) in [5.41, 5.74) is 4.61. The van der Waals surface area contributed by atoms with Crippen LogP contribution in [0.2, 0.25) is 5.02 Å². The van der Waals surface area contributed by atoms with Gasteiger partial charge in [0.2, 0.25) is 5.91 Å². The van der Waals surface area contributed by atoms with E-state index in [2.05, 4.69) is 11.4 Å². The maximum Gasteiger partial charge on any atom is 0.238 e. The highest BCUT2D eigenvalue weighted by atomic mass is 35.5. The van der Waals surface area contributed by atoms with Gasteiger partial charge in [0.1, 0.15) is 11.5 Å². The number of hydrogen-bond acceptors (Lipinski definition) is 4. The molecule has 0 aromatic heterocycles. The Morgan fingerprint density at radius 1 is 0.829 bits per heavy atom. The van der Waals surface area contributed by atoms with Crippen molar-refractivity contribution in [2.75, 3.05) is 10.2 Å². The first-order valence-corrected chi connectivity index (χ1v) is 14.1. The summed E-state index contributed by atoms with van der Waals surface area (Å²) in [6.07, 6.45) is 2.05. The van der Waals surface area contributed by atoms with Crippen LogP contribution in [0.4, 0.5) is 11.4 Å². The van der Waals surface area contributed by atoms with Crippen molar-refractivity contribution in [2.45, 2.75) is 31.3 Å². The number of aryl methyl sites for hydroxylation is 1. The van der Waals surface area contributed by atoms with E-state index in [0.717, 1.165) is 28.0 Å². The van der Waals surface area contributed by atoms with Crippen molar-refractivity contribution in [1.82, 2.24) is 0 Å². The van der Waals surface area contributed by atoms with Gasteiger partial charge in [-0.05, 0) is 49.2 Å². The second-order valence-electron chi connectivity index (χ2n) is 11.1. The molecule has 1 amide bonds. The molecule has 5 nitrogen and oxygen atoms in total. The van der Waals surface area contributed by atoms with Crippen molar-refractivity contribution in [3.8, 4) is 0 Å². The smallest absolute Gasteiger partial charge is 0.238 e. The first kappa shape index (κ1) is 25.5. The molecule has 6 heteroatoms. The van der Waals surface area contributed by atoms with E-state index in [4.69, 9.17) is 11.6 Å². The summed E-state index contributed by atoms with van der Waals surface area (Å²) in [5.74, 6) is -1.85. The Bertz CT molecular complexity index is 1790. The van der Waals surface area contributed by atoms with Crippen molar-refractivity contribution in [1.29, 1.82) is 0 Å². The van der Waals surface area contributed by atoms with Gasteiger partial charge in [0.25, 0.3) is 0 Å². The van der Waals surface area contributed by atoms with Crippen LogP contribution in [-0.2, 0) is 10.2 Å². The average Bonchev–Trinajstić information content (AvgIpc) is 3.45. The second kappa shape index (κ2) is 9.28. The van der Waals surface area contributed by atoms with E-state index in [1.54, 1.807) is 36.4 Å². The topological polar surface area (TPSA) is 66.5 Å². The van der Waals surface area contributed by atoms with Crippen LogP contribution in [0.25, 0.3) is 5.57 Å². The Morgan fingerprint density at radius 3 is 2.29 bits per heavy atom. The molecule has 0 unspecified atom stereocenters. The molecule has 7 rings (SSSR count). The molecule has 3 aliphatic rings. The van der Waals surface area contributed by atoms with E-state index in [-0.39, 0.29) is 17.5 Å². The SMILES string of the molecule is CC1=C[C@H]2N(c3ccccc31)[C@H](C(=O)c1ccccc1Cl)[C@@H](C(=O)c1ccc(C)cc1)[C@]21C(=O)Nc2ccccc21. The van der Waals surface area contributed by atoms with Crippen molar-refractivity contribution in [2.24, 2.45) is 5.92 Å². The molecule has 1 spiro atoms. The largest absolute Gasteiger partial charge is 0.352 e. The van der Waals surface area contributed by atoms with Gasteiger partial charge in [-0.1, -0.05) is 96.0 Å². The molecule has 4 aromatic carbocycles. The predicted molar refractivity (Wildman–Crippen MR) is 162 cm³/mol. The molecule has 3 heterocycles. The number of anilines is 2. The van der Waals surface area contributed by atoms with Crippen molar-refractivity contribution < 1.29 is 14.4 Å². The summed E-state index contributed by atoms with van der Waals surface area (Å²) < 4.78 is 0. The predicted octanol–water partition coefficient (Wildman–Crippen LogP) is 6.89. The van der Waals surface area contributed by atoms with E-state index in [1.807, 2.05) is 79.4 Å². The Morgan fingerprint density at radius 2 is 1.51 bits per heavy atom. The summed E-state index contributed by atoms with van der Waals surface area (Å²) in [4.78, 5) is 46.0. The molecule has 1 N–H and O–H groups in total. The first-order valence-electron chi connectivity index (χ1n) is 13.7. The summed E-state index contributed by atoms with van der Waals surface area (Å²) in [5, 5.41) is 3.38. The van der Waals surface area contributed by atoms with E-state index < -0.39 is 23.4 Å². The van der Waals surface area contributed by atoms with Gasteiger partial charge in [0, 0.05) is 28.1 Å². The number of benzene rings is 4. The number of Topliss-reactive ketones (excluding diaryl/α,β-unsaturated/α-hetero) is 2. The monoisotopic (exact) mass is 558 g/mol. The summed E-state index contributed by atoms with van der Waals surface area (Å²) >= 11 is 6.60. The minimum absolute atomic E-state index is 0.250. The molecule has 41 heavy (non-hydrogen) atoms. The molecule has 0 bridgehead atoms. The number of halogens is 1. The maximum atomic E-state index is 14.8. The number of rotatable bonds is 4. The lowest BCUT2D eigenvalue weighted by Gasteiger charge is -2.39. The second-order valence-corrected chi connectivity index (χ2v) is 11.5. The normalized spacial score (nSPS) is 23.9. The van der Waals surface area contributed by atoms with Crippen molar-refractivity contribution >= 4 is 46.0 Å². The zero-order valence-electron chi connectivity index (χ0n) is 22.6. The van der Waals surface area contributed by atoms with Gasteiger partial charge in [0.05, 0.1) is 17.0 Å². The van der Waals surface area contributed by atoms with Gasteiger partial charge in [0.15, 0.2) is 11.6 Å². The number of fused-ring (bicyclic) bond motifs is 6. The lowest BCUT2D eigenvalue weighted by atomic mass is 9.64. The number of amides is 1. The Hall–Kier alpha value is -4.48. The lowest BCUT2D eigenvalue weighted by Crippen LogP contribution is -2.51. The average molecular weight is 559 g/mol. The molecule has 0 saturated carbocycles. The molecule has 1 fully saturated rings. The summed E-state index contributed by atoms with van der Waals surface area (Å²) in [7, 11) is 0. The fourth-order valence-electron chi connectivity index (χ4n) is 7.11. The van der Waals surface area contributed by atoms with E-state index in [1.165, 1.54) is 0 Å². The number of carbonyl (C=O) groups is 3. The van der Waals surface area contributed by atoms with Gasteiger partial charge >= 0.3 is 0 Å². The van der Waals surface area contributed by atoms with Crippen LogP contribution in [0.15, 0.2) is 103 Å². The Balaban J connectivity index is 1.57. The van der Waals surface area contributed by atoms with E-state index in [0.29, 0.717) is 21.8 Å². The third-order valence-electron chi connectivity index (χ3n) is 8.91. The van der Waals surface area contributed by atoms with Crippen LogP contribution in [-0.4, -0.2) is 29.6 Å². The molecule has 0 aliphatic carbocycles. The van der Waals surface area contributed by atoms with Gasteiger partial charge < -0.3 is 10.2 Å². The fourth-order valence-corrected chi connectivity index (χ4v) is 7.33. The van der Waals surface area contributed by atoms with Crippen molar-refractivity contribution in [3.05, 3.63) is 136 Å². The number of nitrogens with zero attached hydrogens (tertiary/aromatic N) is 1. The van der Waals surface area contributed by atoms with Crippen LogP contribution < -0.4 is 10.2 Å². The zero-order chi connectivity index (χ0) is 28.5. The highest BCUT2D eigenvalue weighted by Crippen LogP contribution is 2.59. The molecular formula is C35H27ClN2O3.